The van der Waals surface area contributed by atoms with Gasteiger partial charge in [0.05, 0.1) is 18.5 Å². The highest BCUT2D eigenvalue weighted by Crippen LogP contribution is 2.30. The van der Waals surface area contributed by atoms with Crippen molar-refractivity contribution >= 4 is 21.6 Å². The summed E-state index contributed by atoms with van der Waals surface area (Å²) in [6.45, 7) is 4.67. The molecule has 2 rings (SSSR count). The third-order valence-corrected chi connectivity index (χ3v) is 3.65. The summed E-state index contributed by atoms with van der Waals surface area (Å²) >= 11 is 3.33. The van der Waals surface area contributed by atoms with E-state index in [-0.39, 0.29) is 5.56 Å². The molecule has 0 spiro atoms. The lowest BCUT2D eigenvalue weighted by Crippen LogP contribution is -2.25. The van der Waals surface area contributed by atoms with Crippen molar-refractivity contribution in [2.75, 3.05) is 25.1 Å². The van der Waals surface area contributed by atoms with Crippen molar-refractivity contribution in [3.8, 4) is 0 Å². The summed E-state index contributed by atoms with van der Waals surface area (Å²) in [5.74, 6) is 0.638. The first kappa shape index (κ1) is 13.5. The minimum absolute atomic E-state index is 0.0664. The molecule has 1 aliphatic rings. The molecule has 1 saturated carbocycles. The quantitative estimate of drug-likeness (QED) is 0.780. The van der Waals surface area contributed by atoms with Gasteiger partial charge in [0.1, 0.15) is 4.47 Å². The van der Waals surface area contributed by atoms with Crippen molar-refractivity contribution in [1.29, 1.82) is 0 Å². The van der Waals surface area contributed by atoms with Gasteiger partial charge in [0.25, 0.3) is 5.56 Å². The normalized spacial score (nSPS) is 14.8. The third kappa shape index (κ3) is 3.55. The van der Waals surface area contributed by atoms with Crippen LogP contribution in [0.2, 0.25) is 0 Å². The van der Waals surface area contributed by atoms with Gasteiger partial charge in [-0.25, -0.2) is 4.68 Å². The Hall–Kier alpha value is -0.880. The van der Waals surface area contributed by atoms with E-state index in [0.717, 1.165) is 12.2 Å². The van der Waals surface area contributed by atoms with Gasteiger partial charge in [0.15, 0.2) is 0 Å². The lowest BCUT2D eigenvalue weighted by atomic mass is 10.4. The van der Waals surface area contributed by atoms with Gasteiger partial charge in [-0.1, -0.05) is 0 Å². The van der Waals surface area contributed by atoms with Gasteiger partial charge < -0.3 is 10.1 Å². The van der Waals surface area contributed by atoms with Crippen LogP contribution in [0.4, 0.5) is 5.69 Å². The van der Waals surface area contributed by atoms with Crippen LogP contribution in [0.15, 0.2) is 15.5 Å². The number of hydrogen-bond acceptors (Lipinski definition) is 4. The Morgan fingerprint density at radius 2 is 2.39 bits per heavy atom. The number of rotatable bonds is 7. The molecular formula is C12H18BrN3O2. The number of anilines is 1. The fraction of sp³-hybridized carbons (Fsp3) is 0.667. The Morgan fingerprint density at radius 3 is 3.06 bits per heavy atom. The maximum absolute atomic E-state index is 12.0. The second-order valence-electron chi connectivity index (χ2n) is 4.43. The van der Waals surface area contributed by atoms with Crippen LogP contribution in [0.5, 0.6) is 0 Å². The molecule has 1 N–H and O–H groups in total. The van der Waals surface area contributed by atoms with Crippen molar-refractivity contribution in [2.45, 2.75) is 26.3 Å². The number of nitrogens with one attached hydrogen (secondary N) is 1. The molecule has 0 saturated heterocycles. The van der Waals surface area contributed by atoms with E-state index >= 15 is 0 Å². The molecule has 5 nitrogen and oxygen atoms in total. The fourth-order valence-electron chi connectivity index (χ4n) is 1.67. The number of nitrogens with zero attached hydrogens (tertiary/aromatic N) is 2. The molecule has 0 radical (unpaired) electrons. The largest absolute Gasteiger partial charge is 0.380 e. The number of ether oxygens (including phenoxy) is 1. The maximum Gasteiger partial charge on any atom is 0.283 e. The minimum Gasteiger partial charge on any atom is -0.380 e. The summed E-state index contributed by atoms with van der Waals surface area (Å²) in [7, 11) is 0. The molecule has 1 heterocycles. The van der Waals surface area contributed by atoms with Gasteiger partial charge in [0, 0.05) is 19.7 Å². The van der Waals surface area contributed by atoms with Crippen molar-refractivity contribution in [1.82, 2.24) is 9.78 Å². The Morgan fingerprint density at radius 1 is 1.61 bits per heavy atom. The third-order valence-electron chi connectivity index (χ3n) is 2.88. The first-order chi connectivity index (χ1) is 8.72. The van der Waals surface area contributed by atoms with Crippen LogP contribution in [0.3, 0.4) is 0 Å². The van der Waals surface area contributed by atoms with Crippen molar-refractivity contribution in [2.24, 2.45) is 5.92 Å². The van der Waals surface area contributed by atoms with E-state index in [1.165, 1.54) is 17.5 Å². The highest BCUT2D eigenvalue weighted by molar-refractivity contribution is 9.10. The Balaban J connectivity index is 1.98. The zero-order chi connectivity index (χ0) is 13.0. The Labute approximate surface area is 115 Å². The molecule has 18 heavy (non-hydrogen) atoms. The van der Waals surface area contributed by atoms with E-state index in [2.05, 4.69) is 26.3 Å². The maximum atomic E-state index is 12.0. The molecule has 0 amide bonds. The first-order valence-electron chi connectivity index (χ1n) is 6.29. The number of aromatic nitrogens is 2. The highest BCUT2D eigenvalue weighted by Gasteiger charge is 2.23. The van der Waals surface area contributed by atoms with Gasteiger partial charge in [-0.15, -0.1) is 0 Å². The minimum atomic E-state index is -0.0664. The molecule has 0 unspecified atom stereocenters. The van der Waals surface area contributed by atoms with E-state index in [1.54, 1.807) is 6.20 Å². The summed E-state index contributed by atoms with van der Waals surface area (Å²) < 4.78 is 7.32. The zero-order valence-electron chi connectivity index (χ0n) is 10.5. The van der Waals surface area contributed by atoms with Gasteiger partial charge in [0.2, 0.25) is 0 Å². The number of halogens is 1. The van der Waals surface area contributed by atoms with E-state index in [4.69, 9.17) is 4.74 Å². The average Bonchev–Trinajstić information content (AvgIpc) is 3.17. The van der Waals surface area contributed by atoms with E-state index < -0.39 is 0 Å². The second-order valence-corrected chi connectivity index (χ2v) is 5.22. The molecule has 1 aromatic heterocycles. The lowest BCUT2D eigenvalue weighted by Gasteiger charge is -2.10. The molecular weight excluding hydrogens is 298 g/mol. The van der Waals surface area contributed by atoms with Gasteiger partial charge in [-0.05, 0) is 41.6 Å². The highest BCUT2D eigenvalue weighted by atomic mass is 79.9. The van der Waals surface area contributed by atoms with Gasteiger partial charge >= 0.3 is 0 Å². The van der Waals surface area contributed by atoms with Gasteiger partial charge in [-0.3, -0.25) is 4.79 Å². The van der Waals surface area contributed by atoms with Crippen LogP contribution in [-0.2, 0) is 11.3 Å². The fourth-order valence-corrected chi connectivity index (χ4v) is 2.11. The lowest BCUT2D eigenvalue weighted by molar-refractivity contribution is 0.158. The monoisotopic (exact) mass is 315 g/mol. The predicted octanol–water partition coefficient (Wildman–Crippen LogP) is 1.86. The predicted molar refractivity (Wildman–Crippen MR) is 73.9 cm³/mol. The Bertz CT molecular complexity index is 457. The van der Waals surface area contributed by atoms with E-state index in [0.29, 0.717) is 30.1 Å². The van der Waals surface area contributed by atoms with E-state index in [9.17, 15) is 4.79 Å². The molecule has 0 aliphatic heterocycles. The van der Waals surface area contributed by atoms with Crippen LogP contribution < -0.4 is 10.9 Å². The molecule has 1 aromatic rings. The molecule has 100 valence electrons. The standard InChI is InChI=1S/C12H18BrN3O2/c1-2-18-6-5-14-10-7-15-16(8-9-3-4-9)12(17)11(10)13/h7,9,14H,2-6,8H2,1H3. The zero-order valence-corrected chi connectivity index (χ0v) is 12.1. The molecule has 0 aromatic carbocycles. The average molecular weight is 316 g/mol. The van der Waals surface area contributed by atoms with E-state index in [1.807, 2.05) is 6.92 Å². The second kappa shape index (κ2) is 6.33. The Kier molecular flexibility index (Phi) is 4.77. The topological polar surface area (TPSA) is 56.1 Å². The molecule has 6 heteroatoms. The van der Waals surface area contributed by atoms with Crippen LogP contribution >= 0.6 is 15.9 Å². The molecule has 1 aliphatic carbocycles. The van der Waals surface area contributed by atoms with Crippen molar-refractivity contribution in [3.05, 3.63) is 21.0 Å². The molecule has 1 fully saturated rings. The van der Waals surface area contributed by atoms with Crippen LogP contribution in [0.25, 0.3) is 0 Å². The van der Waals surface area contributed by atoms with Crippen LogP contribution in [0.1, 0.15) is 19.8 Å². The van der Waals surface area contributed by atoms with Crippen LogP contribution in [0, 0.1) is 5.92 Å². The molecule has 0 bridgehead atoms. The summed E-state index contributed by atoms with van der Waals surface area (Å²) in [6, 6.07) is 0. The SMILES string of the molecule is CCOCCNc1cnn(CC2CC2)c(=O)c1Br. The summed E-state index contributed by atoms with van der Waals surface area (Å²) in [6.07, 6.45) is 4.11. The summed E-state index contributed by atoms with van der Waals surface area (Å²) in [5.41, 5.74) is 0.662. The smallest absolute Gasteiger partial charge is 0.283 e. The first-order valence-corrected chi connectivity index (χ1v) is 7.09. The van der Waals surface area contributed by atoms with Crippen molar-refractivity contribution in [3.63, 3.8) is 0 Å². The summed E-state index contributed by atoms with van der Waals surface area (Å²) in [4.78, 5) is 12.0. The van der Waals surface area contributed by atoms with Crippen molar-refractivity contribution < 1.29 is 4.74 Å². The summed E-state index contributed by atoms with van der Waals surface area (Å²) in [5, 5.41) is 7.33. The van der Waals surface area contributed by atoms with Gasteiger partial charge in [-0.2, -0.15) is 5.10 Å². The number of hydrogen-bond donors (Lipinski definition) is 1. The molecule has 0 atom stereocenters. The van der Waals surface area contributed by atoms with Crippen LogP contribution in [-0.4, -0.2) is 29.5 Å².